The third kappa shape index (κ3) is 3.45. The Morgan fingerprint density at radius 1 is 1.05 bits per heavy atom. The van der Waals surface area contributed by atoms with Gasteiger partial charge in [-0.3, -0.25) is 0 Å². The van der Waals surface area contributed by atoms with E-state index in [1.807, 2.05) is 32.0 Å². The molecule has 2 N–H and O–H groups in total. The van der Waals surface area contributed by atoms with Crippen LogP contribution < -0.4 is 10.6 Å². The number of aryl methyl sites for hydroxylation is 1. The van der Waals surface area contributed by atoms with E-state index in [9.17, 15) is 0 Å². The van der Waals surface area contributed by atoms with Gasteiger partial charge in [0.05, 0.1) is 0 Å². The van der Waals surface area contributed by atoms with Crippen molar-refractivity contribution in [3.05, 3.63) is 40.2 Å². The first-order valence-corrected chi connectivity index (χ1v) is 7.58. The molecule has 4 nitrogen and oxygen atoms in total. The number of benzene rings is 1. The molecule has 2 aromatic rings. The number of hydrogen-bond acceptors (Lipinski definition) is 4. The first-order chi connectivity index (χ1) is 10.1. The number of nitrogens with zero attached hydrogens (tertiary/aromatic N) is 2. The van der Waals surface area contributed by atoms with Crippen molar-refractivity contribution in [3.63, 3.8) is 0 Å². The molecule has 0 saturated heterocycles. The van der Waals surface area contributed by atoms with E-state index in [1.165, 1.54) is 0 Å². The van der Waals surface area contributed by atoms with E-state index in [0.29, 0.717) is 0 Å². The van der Waals surface area contributed by atoms with Crippen molar-refractivity contribution in [1.29, 1.82) is 0 Å². The molecule has 0 bridgehead atoms. The van der Waals surface area contributed by atoms with Crippen molar-refractivity contribution in [3.8, 4) is 0 Å². The van der Waals surface area contributed by atoms with E-state index in [-0.39, 0.29) is 0 Å². The molecule has 0 aliphatic heterocycles. The standard InChI is InChI=1S/C16H21ClN4/c1-5-14-20-15(18-6-2)11(4)16(21-14)19-13-9-7-8-12(17)10(13)3/h7-9H,5-6H2,1-4H3,(H2,18,19,20,21). The maximum absolute atomic E-state index is 6.17. The summed E-state index contributed by atoms with van der Waals surface area (Å²) >= 11 is 6.17. The maximum atomic E-state index is 6.17. The Labute approximate surface area is 131 Å². The van der Waals surface area contributed by atoms with Crippen LogP contribution in [-0.4, -0.2) is 16.5 Å². The fourth-order valence-corrected chi connectivity index (χ4v) is 2.23. The van der Waals surface area contributed by atoms with Gasteiger partial charge in [0, 0.05) is 29.2 Å². The second-order valence-corrected chi connectivity index (χ2v) is 5.29. The molecule has 21 heavy (non-hydrogen) atoms. The van der Waals surface area contributed by atoms with E-state index in [1.54, 1.807) is 0 Å². The number of anilines is 3. The molecule has 0 saturated carbocycles. The molecular formula is C16H21ClN4. The zero-order chi connectivity index (χ0) is 15.4. The first kappa shape index (κ1) is 15.6. The highest BCUT2D eigenvalue weighted by Crippen LogP contribution is 2.28. The lowest BCUT2D eigenvalue weighted by molar-refractivity contribution is 0.929. The highest BCUT2D eigenvalue weighted by atomic mass is 35.5. The Hall–Kier alpha value is -1.81. The lowest BCUT2D eigenvalue weighted by Crippen LogP contribution is -2.09. The summed E-state index contributed by atoms with van der Waals surface area (Å²) in [6, 6.07) is 5.82. The molecule has 1 heterocycles. The maximum Gasteiger partial charge on any atom is 0.139 e. The Morgan fingerprint density at radius 3 is 2.43 bits per heavy atom. The van der Waals surface area contributed by atoms with Gasteiger partial charge in [-0.25, -0.2) is 9.97 Å². The van der Waals surface area contributed by atoms with Gasteiger partial charge in [0.15, 0.2) is 0 Å². The van der Waals surface area contributed by atoms with Gasteiger partial charge in [0.25, 0.3) is 0 Å². The fraction of sp³-hybridized carbons (Fsp3) is 0.375. The van der Waals surface area contributed by atoms with Crippen molar-refractivity contribution in [1.82, 2.24) is 9.97 Å². The third-order valence-electron chi connectivity index (χ3n) is 3.37. The molecule has 0 radical (unpaired) electrons. The van der Waals surface area contributed by atoms with Crippen LogP contribution in [0.15, 0.2) is 18.2 Å². The summed E-state index contributed by atoms with van der Waals surface area (Å²) in [5, 5.41) is 7.41. The highest BCUT2D eigenvalue weighted by molar-refractivity contribution is 6.31. The lowest BCUT2D eigenvalue weighted by atomic mass is 10.2. The zero-order valence-electron chi connectivity index (χ0n) is 12.9. The predicted molar refractivity (Wildman–Crippen MR) is 89.8 cm³/mol. The lowest BCUT2D eigenvalue weighted by Gasteiger charge is -2.15. The minimum absolute atomic E-state index is 0.745. The third-order valence-corrected chi connectivity index (χ3v) is 3.78. The average molecular weight is 305 g/mol. The summed E-state index contributed by atoms with van der Waals surface area (Å²) in [4.78, 5) is 9.13. The summed E-state index contributed by atoms with van der Waals surface area (Å²) in [5.74, 6) is 2.52. The quantitative estimate of drug-likeness (QED) is 0.855. The highest BCUT2D eigenvalue weighted by Gasteiger charge is 2.11. The second kappa shape index (κ2) is 6.76. The van der Waals surface area contributed by atoms with Crippen molar-refractivity contribution in [2.45, 2.75) is 34.1 Å². The Morgan fingerprint density at radius 2 is 1.76 bits per heavy atom. The molecule has 112 valence electrons. The predicted octanol–water partition coefficient (Wildman–Crippen LogP) is 4.48. The Bertz CT molecular complexity index is 640. The molecular weight excluding hydrogens is 284 g/mol. The van der Waals surface area contributed by atoms with Gasteiger partial charge in [-0.15, -0.1) is 0 Å². The summed E-state index contributed by atoms with van der Waals surface area (Å²) in [7, 11) is 0. The number of aromatic nitrogens is 2. The number of hydrogen-bond donors (Lipinski definition) is 2. The molecule has 0 aliphatic carbocycles. The van der Waals surface area contributed by atoms with Crippen molar-refractivity contribution in [2.75, 3.05) is 17.2 Å². The van der Waals surface area contributed by atoms with Crippen LogP contribution in [0.3, 0.4) is 0 Å². The minimum atomic E-state index is 0.745. The first-order valence-electron chi connectivity index (χ1n) is 7.20. The molecule has 0 fully saturated rings. The molecule has 5 heteroatoms. The number of rotatable bonds is 5. The largest absolute Gasteiger partial charge is 0.370 e. The molecule has 0 aliphatic rings. The van der Waals surface area contributed by atoms with Crippen LogP contribution in [-0.2, 0) is 6.42 Å². The zero-order valence-corrected chi connectivity index (χ0v) is 13.7. The van der Waals surface area contributed by atoms with Gasteiger partial charge in [-0.05, 0) is 38.5 Å². The molecule has 0 atom stereocenters. The summed E-state index contributed by atoms with van der Waals surface area (Å²) < 4.78 is 0. The molecule has 0 amide bonds. The van der Waals surface area contributed by atoms with Gasteiger partial charge in [0.1, 0.15) is 17.5 Å². The van der Waals surface area contributed by atoms with Crippen LogP contribution in [0.1, 0.15) is 30.8 Å². The Balaban J connectivity index is 2.43. The molecule has 1 aromatic heterocycles. The molecule has 2 rings (SSSR count). The van der Waals surface area contributed by atoms with E-state index in [0.717, 1.165) is 52.3 Å². The molecule has 1 aromatic carbocycles. The molecule has 0 unspecified atom stereocenters. The van der Waals surface area contributed by atoms with E-state index in [2.05, 4.69) is 34.4 Å². The monoisotopic (exact) mass is 304 g/mol. The summed E-state index contributed by atoms with van der Waals surface area (Å²) in [6.45, 7) is 8.94. The van der Waals surface area contributed by atoms with E-state index >= 15 is 0 Å². The van der Waals surface area contributed by atoms with Crippen molar-refractivity contribution >= 4 is 28.9 Å². The van der Waals surface area contributed by atoms with Crippen molar-refractivity contribution in [2.24, 2.45) is 0 Å². The molecule has 0 spiro atoms. The number of nitrogens with one attached hydrogen (secondary N) is 2. The SMILES string of the molecule is CCNc1nc(CC)nc(Nc2cccc(Cl)c2C)c1C. The van der Waals surface area contributed by atoms with Gasteiger partial charge < -0.3 is 10.6 Å². The van der Waals surface area contributed by atoms with Crippen LogP contribution in [0.25, 0.3) is 0 Å². The minimum Gasteiger partial charge on any atom is -0.370 e. The number of halogens is 1. The average Bonchev–Trinajstić information content (AvgIpc) is 2.48. The van der Waals surface area contributed by atoms with Crippen LogP contribution in [0.4, 0.5) is 17.3 Å². The van der Waals surface area contributed by atoms with Crippen LogP contribution in [0.2, 0.25) is 5.02 Å². The van der Waals surface area contributed by atoms with Gasteiger partial charge in [-0.2, -0.15) is 0 Å². The smallest absolute Gasteiger partial charge is 0.139 e. The topological polar surface area (TPSA) is 49.8 Å². The van der Waals surface area contributed by atoms with Gasteiger partial charge >= 0.3 is 0 Å². The van der Waals surface area contributed by atoms with Crippen LogP contribution in [0.5, 0.6) is 0 Å². The van der Waals surface area contributed by atoms with Gasteiger partial charge in [0.2, 0.25) is 0 Å². The summed E-state index contributed by atoms with van der Waals surface area (Å²) in [6.07, 6.45) is 0.794. The van der Waals surface area contributed by atoms with E-state index in [4.69, 9.17) is 11.6 Å². The normalized spacial score (nSPS) is 10.5. The van der Waals surface area contributed by atoms with Crippen LogP contribution >= 0.6 is 11.6 Å². The second-order valence-electron chi connectivity index (χ2n) is 4.88. The van der Waals surface area contributed by atoms with E-state index < -0.39 is 0 Å². The van der Waals surface area contributed by atoms with Crippen LogP contribution in [0, 0.1) is 13.8 Å². The fourth-order valence-electron chi connectivity index (χ4n) is 2.05. The van der Waals surface area contributed by atoms with Gasteiger partial charge in [-0.1, -0.05) is 24.6 Å². The Kier molecular flexibility index (Phi) is 5.02. The van der Waals surface area contributed by atoms with Crippen molar-refractivity contribution < 1.29 is 0 Å². The summed E-state index contributed by atoms with van der Waals surface area (Å²) in [5.41, 5.74) is 2.99.